The summed E-state index contributed by atoms with van der Waals surface area (Å²) in [5, 5.41) is 6.76. The van der Waals surface area contributed by atoms with E-state index in [-0.39, 0.29) is 5.91 Å². The predicted octanol–water partition coefficient (Wildman–Crippen LogP) is 12.0. The summed E-state index contributed by atoms with van der Waals surface area (Å²) in [7, 11) is 0. The third-order valence-corrected chi connectivity index (χ3v) is 8.31. The molecule has 2 N–H and O–H groups in total. The summed E-state index contributed by atoms with van der Waals surface area (Å²) in [6.07, 6.45) is 48.6. The van der Waals surface area contributed by atoms with Crippen LogP contribution in [0, 0.1) is 0 Å². The molecular formula is C40H70N2O. The summed E-state index contributed by atoms with van der Waals surface area (Å²) in [6.45, 7) is 8.74. The Morgan fingerprint density at radius 1 is 0.535 bits per heavy atom. The molecule has 43 heavy (non-hydrogen) atoms. The van der Waals surface area contributed by atoms with Gasteiger partial charge in [0.15, 0.2) is 0 Å². The van der Waals surface area contributed by atoms with Crippen molar-refractivity contribution in [1.82, 2.24) is 10.6 Å². The molecule has 3 heteroatoms. The largest absolute Gasteiger partial charge is 0.384 e. The SMILES string of the molecule is C=C(CCCCCCC/C=C\C/C=C\CCCCC)N[C@@H]1C[C@@H]1NC(=O)CCCCCCC/C=C\C/C=C\CCCCC. The van der Waals surface area contributed by atoms with E-state index < -0.39 is 0 Å². The van der Waals surface area contributed by atoms with Gasteiger partial charge in [0.1, 0.15) is 0 Å². The molecule has 0 aromatic rings. The number of hydrogen-bond donors (Lipinski definition) is 2. The molecule has 1 rings (SSSR count). The first-order valence-corrected chi connectivity index (χ1v) is 18.5. The van der Waals surface area contributed by atoms with Crippen molar-refractivity contribution >= 4 is 5.91 Å². The van der Waals surface area contributed by atoms with E-state index in [1.165, 1.54) is 116 Å². The minimum atomic E-state index is 0.222. The average Bonchev–Trinajstić information content (AvgIpc) is 3.73. The molecule has 0 aromatic carbocycles. The third kappa shape index (κ3) is 27.3. The highest BCUT2D eigenvalue weighted by Crippen LogP contribution is 2.23. The van der Waals surface area contributed by atoms with Crippen molar-refractivity contribution in [2.24, 2.45) is 0 Å². The number of carbonyl (C=O) groups is 1. The van der Waals surface area contributed by atoms with E-state index in [1.807, 2.05) is 0 Å². The van der Waals surface area contributed by atoms with E-state index in [0.29, 0.717) is 18.5 Å². The van der Waals surface area contributed by atoms with E-state index in [0.717, 1.165) is 44.2 Å². The van der Waals surface area contributed by atoms with E-state index >= 15 is 0 Å². The molecule has 0 aliphatic heterocycles. The van der Waals surface area contributed by atoms with Gasteiger partial charge in [0.2, 0.25) is 5.91 Å². The fraction of sp³-hybridized carbons (Fsp3) is 0.725. The summed E-state index contributed by atoms with van der Waals surface area (Å²) in [5.41, 5.74) is 1.14. The lowest BCUT2D eigenvalue weighted by atomic mass is 10.1. The van der Waals surface area contributed by atoms with Crippen molar-refractivity contribution in [2.45, 2.75) is 186 Å². The van der Waals surface area contributed by atoms with Gasteiger partial charge in [0, 0.05) is 18.2 Å². The Labute approximate surface area is 268 Å². The van der Waals surface area contributed by atoms with Crippen molar-refractivity contribution in [3.63, 3.8) is 0 Å². The van der Waals surface area contributed by atoms with Crippen LogP contribution in [-0.4, -0.2) is 18.0 Å². The molecule has 0 aromatic heterocycles. The smallest absolute Gasteiger partial charge is 0.220 e. The topological polar surface area (TPSA) is 41.1 Å². The van der Waals surface area contributed by atoms with Crippen LogP contribution in [0.5, 0.6) is 0 Å². The minimum Gasteiger partial charge on any atom is -0.384 e. The third-order valence-electron chi connectivity index (χ3n) is 8.31. The van der Waals surface area contributed by atoms with Gasteiger partial charge in [-0.05, 0) is 89.9 Å². The van der Waals surface area contributed by atoms with Crippen LogP contribution in [0.25, 0.3) is 0 Å². The van der Waals surface area contributed by atoms with Gasteiger partial charge in [0.05, 0.1) is 6.04 Å². The fourth-order valence-corrected chi connectivity index (χ4v) is 5.37. The molecular weight excluding hydrogens is 524 g/mol. The zero-order valence-electron chi connectivity index (χ0n) is 28.6. The molecule has 0 bridgehead atoms. The van der Waals surface area contributed by atoms with Gasteiger partial charge in [-0.15, -0.1) is 0 Å². The van der Waals surface area contributed by atoms with E-state index in [1.54, 1.807) is 0 Å². The quantitative estimate of drug-likeness (QED) is 0.0619. The Morgan fingerprint density at radius 2 is 0.930 bits per heavy atom. The van der Waals surface area contributed by atoms with E-state index in [9.17, 15) is 4.79 Å². The predicted molar refractivity (Wildman–Crippen MR) is 191 cm³/mol. The number of carbonyl (C=O) groups excluding carboxylic acids is 1. The van der Waals surface area contributed by atoms with Crippen LogP contribution in [0.15, 0.2) is 60.9 Å². The molecule has 0 spiro atoms. The van der Waals surface area contributed by atoms with Crippen LogP contribution in [0.4, 0.5) is 0 Å². The van der Waals surface area contributed by atoms with Crippen molar-refractivity contribution in [3.8, 4) is 0 Å². The summed E-state index contributed by atoms with van der Waals surface area (Å²) < 4.78 is 0. The van der Waals surface area contributed by atoms with Gasteiger partial charge in [-0.1, -0.05) is 133 Å². The monoisotopic (exact) mass is 595 g/mol. The second-order valence-electron chi connectivity index (χ2n) is 12.7. The van der Waals surface area contributed by atoms with Crippen molar-refractivity contribution in [2.75, 3.05) is 0 Å². The number of amides is 1. The first-order chi connectivity index (χ1) is 21.2. The van der Waals surface area contributed by atoms with Gasteiger partial charge in [-0.25, -0.2) is 0 Å². The highest BCUT2D eigenvalue weighted by Gasteiger charge is 2.38. The fourth-order valence-electron chi connectivity index (χ4n) is 5.37. The van der Waals surface area contributed by atoms with Gasteiger partial charge < -0.3 is 10.6 Å². The van der Waals surface area contributed by atoms with Gasteiger partial charge in [-0.2, -0.15) is 0 Å². The molecule has 246 valence electrons. The number of nitrogens with one attached hydrogen (secondary N) is 2. The minimum absolute atomic E-state index is 0.222. The van der Waals surface area contributed by atoms with Crippen LogP contribution in [0.1, 0.15) is 174 Å². The summed E-state index contributed by atoms with van der Waals surface area (Å²) >= 11 is 0. The number of rotatable bonds is 31. The Balaban J connectivity index is 1.86. The molecule has 1 aliphatic carbocycles. The highest BCUT2D eigenvalue weighted by molar-refractivity contribution is 5.76. The molecule has 2 atom stereocenters. The van der Waals surface area contributed by atoms with Gasteiger partial charge in [0.25, 0.3) is 0 Å². The maximum atomic E-state index is 12.3. The van der Waals surface area contributed by atoms with Crippen LogP contribution < -0.4 is 10.6 Å². The molecule has 0 saturated heterocycles. The summed E-state index contributed by atoms with van der Waals surface area (Å²) in [4.78, 5) is 12.3. The van der Waals surface area contributed by atoms with Crippen molar-refractivity contribution in [1.29, 1.82) is 0 Å². The Hall–Kier alpha value is -2.03. The maximum absolute atomic E-state index is 12.3. The van der Waals surface area contributed by atoms with Crippen LogP contribution >= 0.6 is 0 Å². The van der Waals surface area contributed by atoms with Crippen molar-refractivity contribution < 1.29 is 4.79 Å². The number of unbranched alkanes of at least 4 members (excludes halogenated alkanes) is 16. The molecule has 1 amide bonds. The van der Waals surface area contributed by atoms with Crippen LogP contribution in [0.2, 0.25) is 0 Å². The van der Waals surface area contributed by atoms with Crippen molar-refractivity contribution in [3.05, 3.63) is 60.9 Å². The van der Waals surface area contributed by atoms with Gasteiger partial charge >= 0.3 is 0 Å². The molecule has 3 nitrogen and oxygen atoms in total. The summed E-state index contributed by atoms with van der Waals surface area (Å²) in [5.74, 6) is 0.222. The molecule has 0 radical (unpaired) electrons. The first kappa shape index (κ1) is 39.0. The molecule has 1 fully saturated rings. The standard InChI is InChI=1S/C40H70N2O/c1-4-6-8-10-12-14-16-18-20-22-24-26-28-30-32-34-37(3)41-38-36-39(38)42-40(43)35-33-31-29-27-25-23-21-19-17-15-13-11-9-7-5-2/h12-15,18-21,38-39,41H,3-11,16-17,22-36H2,1-2H3,(H,42,43)/b14-12-,15-13-,20-18-,21-19-/t38-,39+/m1/s1. The second-order valence-corrected chi connectivity index (χ2v) is 12.7. The van der Waals surface area contributed by atoms with Gasteiger partial charge in [-0.3, -0.25) is 4.79 Å². The zero-order valence-corrected chi connectivity index (χ0v) is 28.6. The lowest BCUT2D eigenvalue weighted by Gasteiger charge is -2.10. The Morgan fingerprint density at radius 3 is 1.42 bits per heavy atom. The number of hydrogen-bond acceptors (Lipinski definition) is 2. The lowest BCUT2D eigenvalue weighted by Crippen LogP contribution is -2.31. The zero-order chi connectivity index (χ0) is 31.1. The van der Waals surface area contributed by atoms with Crippen LogP contribution in [0.3, 0.4) is 0 Å². The normalized spacial score (nSPS) is 16.7. The highest BCUT2D eigenvalue weighted by atomic mass is 16.1. The molecule has 1 aliphatic rings. The lowest BCUT2D eigenvalue weighted by molar-refractivity contribution is -0.121. The molecule has 1 saturated carbocycles. The van der Waals surface area contributed by atoms with E-state index in [2.05, 4.69) is 79.7 Å². The van der Waals surface area contributed by atoms with Crippen LogP contribution in [-0.2, 0) is 4.79 Å². The molecule has 0 heterocycles. The molecule has 0 unspecified atom stereocenters. The maximum Gasteiger partial charge on any atom is 0.220 e. The second kappa shape index (κ2) is 30.0. The average molecular weight is 595 g/mol. The summed E-state index contributed by atoms with van der Waals surface area (Å²) in [6, 6.07) is 0.686. The number of allylic oxidation sites excluding steroid dienone is 9. The Bertz CT molecular complexity index is 713. The first-order valence-electron chi connectivity index (χ1n) is 18.5. The Kier molecular flexibility index (Phi) is 27.2. The van der Waals surface area contributed by atoms with E-state index in [4.69, 9.17) is 0 Å².